The van der Waals surface area contributed by atoms with E-state index in [9.17, 15) is 4.79 Å². The van der Waals surface area contributed by atoms with Crippen molar-refractivity contribution < 1.29 is 4.74 Å². The maximum Gasteiger partial charge on any atom is 0.346 e. The molecule has 0 aliphatic carbocycles. The van der Waals surface area contributed by atoms with Crippen molar-refractivity contribution in [3.63, 3.8) is 0 Å². The van der Waals surface area contributed by atoms with Gasteiger partial charge in [-0.05, 0) is 59.7 Å². The van der Waals surface area contributed by atoms with Crippen LogP contribution in [-0.2, 0) is 19.5 Å². The minimum Gasteiger partial charge on any atom is -0.497 e. The highest BCUT2D eigenvalue weighted by atomic mass is 35.5. The molecule has 10 heteroatoms. The van der Waals surface area contributed by atoms with Crippen molar-refractivity contribution >= 4 is 34.8 Å². The number of imidazole rings is 1. The van der Waals surface area contributed by atoms with Crippen LogP contribution < -0.4 is 10.4 Å². The van der Waals surface area contributed by atoms with E-state index in [0.29, 0.717) is 39.7 Å². The van der Waals surface area contributed by atoms with Gasteiger partial charge in [0.15, 0.2) is 5.82 Å². The Kier molecular flexibility index (Phi) is 7.37. The predicted octanol–water partition coefficient (Wildman–Crippen LogP) is 6.09. The second kappa shape index (κ2) is 10.8. The molecule has 0 aliphatic heterocycles. The molecule has 2 heterocycles. The first-order valence-electron chi connectivity index (χ1n) is 11.4. The van der Waals surface area contributed by atoms with Gasteiger partial charge in [0.25, 0.3) is 0 Å². The van der Waals surface area contributed by atoms with E-state index in [2.05, 4.69) is 15.1 Å². The Morgan fingerprint density at radius 3 is 2.30 bits per heavy atom. The van der Waals surface area contributed by atoms with E-state index in [0.717, 1.165) is 28.1 Å². The van der Waals surface area contributed by atoms with E-state index >= 15 is 0 Å². The lowest BCUT2D eigenvalue weighted by Gasteiger charge is -2.07. The van der Waals surface area contributed by atoms with Gasteiger partial charge >= 0.3 is 5.69 Å². The van der Waals surface area contributed by atoms with Gasteiger partial charge in [0.2, 0.25) is 0 Å². The van der Waals surface area contributed by atoms with E-state index in [1.807, 2.05) is 36.4 Å². The number of aromatic amines is 1. The number of methoxy groups -OCH3 is 1. The molecular weight excluding hydrogens is 533 g/mol. The number of nitrogens with zero attached hydrogens (tertiary/aromatic N) is 4. The minimum atomic E-state index is -0.244. The average Bonchev–Trinajstić information content (AvgIpc) is 3.47. The van der Waals surface area contributed by atoms with Crippen LogP contribution in [0.4, 0.5) is 0 Å². The summed E-state index contributed by atoms with van der Waals surface area (Å²) in [5, 5.41) is 6.42. The summed E-state index contributed by atoms with van der Waals surface area (Å²) in [6.07, 6.45) is 2.13. The standard InChI is InChI=1S/C27H22Cl3N5O2/c1-37-21-11-5-17(6-12-21)15-34-26(18-7-9-19(28)10-8-18)33-35(27(34)36)16-20-14-31-25(32-20)13-22-23(29)3-2-4-24(22)30/h2-12,14H,13,15-16H2,1H3,(H,31,32). The SMILES string of the molecule is COc1ccc(Cn2c(-c3ccc(Cl)cc3)nn(Cc3cnc(Cc4c(Cl)cccc4Cl)[nH]3)c2=O)cc1. The molecule has 0 radical (unpaired) electrons. The van der Waals surface area contributed by atoms with Gasteiger partial charge in [0, 0.05) is 27.1 Å². The lowest BCUT2D eigenvalue weighted by molar-refractivity contribution is 0.414. The number of H-pyrrole nitrogens is 1. The van der Waals surface area contributed by atoms with E-state index in [1.54, 1.807) is 48.2 Å². The summed E-state index contributed by atoms with van der Waals surface area (Å²) in [5.74, 6) is 1.98. The van der Waals surface area contributed by atoms with E-state index < -0.39 is 0 Å². The summed E-state index contributed by atoms with van der Waals surface area (Å²) >= 11 is 18.7. The predicted molar refractivity (Wildman–Crippen MR) is 146 cm³/mol. The molecule has 0 atom stereocenters. The highest BCUT2D eigenvalue weighted by molar-refractivity contribution is 6.36. The molecule has 188 valence electrons. The fraction of sp³-hybridized carbons (Fsp3) is 0.148. The van der Waals surface area contributed by atoms with Gasteiger partial charge in [-0.1, -0.05) is 53.0 Å². The molecule has 0 saturated carbocycles. The van der Waals surface area contributed by atoms with Crippen LogP contribution in [0.2, 0.25) is 15.1 Å². The fourth-order valence-electron chi connectivity index (χ4n) is 4.02. The van der Waals surface area contributed by atoms with Crippen molar-refractivity contribution in [3.05, 3.63) is 121 Å². The second-order valence-electron chi connectivity index (χ2n) is 8.44. The molecule has 2 aromatic heterocycles. The normalized spacial score (nSPS) is 11.1. The zero-order valence-corrected chi connectivity index (χ0v) is 22.1. The Labute approximate surface area is 228 Å². The highest BCUT2D eigenvalue weighted by Gasteiger charge is 2.17. The summed E-state index contributed by atoms with van der Waals surface area (Å²) in [4.78, 5) is 21.2. The van der Waals surface area contributed by atoms with Gasteiger partial charge in [0.05, 0.1) is 32.1 Å². The molecule has 0 spiro atoms. The molecule has 1 N–H and O–H groups in total. The van der Waals surface area contributed by atoms with Crippen molar-refractivity contribution in [1.82, 2.24) is 24.3 Å². The van der Waals surface area contributed by atoms with Crippen LogP contribution >= 0.6 is 34.8 Å². The zero-order valence-electron chi connectivity index (χ0n) is 19.8. The average molecular weight is 555 g/mol. The maximum absolute atomic E-state index is 13.5. The molecule has 0 bridgehead atoms. The molecule has 5 aromatic rings. The summed E-state index contributed by atoms with van der Waals surface area (Å²) in [5.41, 5.74) is 3.01. The third-order valence-corrected chi connectivity index (χ3v) is 6.89. The van der Waals surface area contributed by atoms with E-state index in [-0.39, 0.29) is 12.2 Å². The van der Waals surface area contributed by atoms with Crippen LogP contribution in [0.25, 0.3) is 11.4 Å². The molecule has 0 fully saturated rings. The Balaban J connectivity index is 1.45. The van der Waals surface area contributed by atoms with Crippen LogP contribution in [-0.4, -0.2) is 31.4 Å². The number of benzene rings is 3. The lowest BCUT2D eigenvalue weighted by atomic mass is 10.1. The lowest BCUT2D eigenvalue weighted by Crippen LogP contribution is -2.26. The van der Waals surface area contributed by atoms with Crippen LogP contribution in [0.5, 0.6) is 5.75 Å². The number of ether oxygens (including phenoxy) is 1. The molecule has 0 aliphatic rings. The van der Waals surface area contributed by atoms with Crippen molar-refractivity contribution in [2.75, 3.05) is 7.11 Å². The molecule has 0 saturated heterocycles. The molecule has 37 heavy (non-hydrogen) atoms. The minimum absolute atomic E-state index is 0.221. The van der Waals surface area contributed by atoms with Crippen molar-refractivity contribution in [2.45, 2.75) is 19.5 Å². The van der Waals surface area contributed by atoms with Gasteiger partial charge in [-0.15, -0.1) is 5.10 Å². The summed E-state index contributed by atoms with van der Waals surface area (Å²) in [6, 6.07) is 20.2. The monoisotopic (exact) mass is 553 g/mol. The molecular formula is C27H22Cl3N5O2. The van der Waals surface area contributed by atoms with Gasteiger partial charge in [-0.2, -0.15) is 0 Å². The van der Waals surface area contributed by atoms with E-state index in [1.165, 1.54) is 4.68 Å². The summed E-state index contributed by atoms with van der Waals surface area (Å²) in [6.45, 7) is 0.568. The number of halogens is 3. The maximum atomic E-state index is 13.5. The van der Waals surface area contributed by atoms with Crippen LogP contribution in [0.15, 0.2) is 77.7 Å². The molecule has 3 aromatic carbocycles. The zero-order chi connectivity index (χ0) is 25.9. The number of rotatable bonds is 8. The van der Waals surface area contributed by atoms with Gasteiger partial charge in [-0.3, -0.25) is 4.57 Å². The number of hydrogen-bond donors (Lipinski definition) is 1. The third kappa shape index (κ3) is 5.59. The first kappa shape index (κ1) is 25.1. The van der Waals surface area contributed by atoms with Gasteiger partial charge in [0.1, 0.15) is 11.6 Å². The molecule has 0 amide bonds. The quantitative estimate of drug-likeness (QED) is 0.252. The van der Waals surface area contributed by atoms with Crippen molar-refractivity contribution in [1.29, 1.82) is 0 Å². The topological polar surface area (TPSA) is 77.7 Å². The number of aromatic nitrogens is 5. The highest BCUT2D eigenvalue weighted by Crippen LogP contribution is 2.26. The largest absolute Gasteiger partial charge is 0.497 e. The first-order chi connectivity index (χ1) is 17.9. The van der Waals surface area contributed by atoms with Gasteiger partial charge in [-0.25, -0.2) is 14.5 Å². The number of nitrogens with one attached hydrogen (secondary N) is 1. The van der Waals surface area contributed by atoms with Crippen LogP contribution in [0.3, 0.4) is 0 Å². The van der Waals surface area contributed by atoms with Crippen LogP contribution in [0, 0.1) is 0 Å². The van der Waals surface area contributed by atoms with Crippen molar-refractivity contribution in [3.8, 4) is 17.1 Å². The fourth-order valence-corrected chi connectivity index (χ4v) is 4.68. The second-order valence-corrected chi connectivity index (χ2v) is 9.69. The third-order valence-electron chi connectivity index (χ3n) is 5.93. The Bertz CT molecular complexity index is 1570. The molecule has 5 rings (SSSR count). The smallest absolute Gasteiger partial charge is 0.346 e. The summed E-state index contributed by atoms with van der Waals surface area (Å²) in [7, 11) is 1.62. The van der Waals surface area contributed by atoms with E-state index in [4.69, 9.17) is 39.5 Å². The summed E-state index contributed by atoms with van der Waals surface area (Å²) < 4.78 is 8.32. The Morgan fingerprint density at radius 2 is 1.62 bits per heavy atom. The van der Waals surface area contributed by atoms with Gasteiger partial charge < -0.3 is 9.72 Å². The molecule has 0 unspecified atom stereocenters. The van der Waals surface area contributed by atoms with Crippen LogP contribution in [0.1, 0.15) is 22.6 Å². The number of hydrogen-bond acceptors (Lipinski definition) is 4. The Hall–Kier alpha value is -3.52. The Morgan fingerprint density at radius 1 is 0.919 bits per heavy atom. The van der Waals surface area contributed by atoms with Crippen molar-refractivity contribution in [2.24, 2.45) is 0 Å². The molecule has 7 nitrogen and oxygen atoms in total. The first-order valence-corrected chi connectivity index (χ1v) is 12.6.